The maximum absolute atomic E-state index is 12.7. The summed E-state index contributed by atoms with van der Waals surface area (Å²) in [6.45, 7) is 6.22. The molecule has 0 saturated heterocycles. The maximum atomic E-state index is 12.7. The number of esters is 1. The third kappa shape index (κ3) is 6.50. The van der Waals surface area contributed by atoms with Gasteiger partial charge in [0.25, 0.3) is 11.6 Å². The number of nitrogens with zero attached hydrogens (tertiary/aromatic N) is 2. The van der Waals surface area contributed by atoms with E-state index in [1.54, 1.807) is 12.1 Å². The van der Waals surface area contributed by atoms with E-state index in [1.165, 1.54) is 31.4 Å². The van der Waals surface area contributed by atoms with Crippen LogP contribution in [0.3, 0.4) is 0 Å². The largest absolute Gasteiger partial charge is 0.465 e. The second-order valence-corrected chi connectivity index (χ2v) is 7.45. The molecule has 2 rings (SSSR count). The van der Waals surface area contributed by atoms with E-state index < -0.39 is 16.8 Å². The first-order valence-electron chi connectivity index (χ1n) is 9.99. The molecular weight excluding hydrogens is 422 g/mol. The molecule has 2 aromatic carbocycles. The third-order valence-corrected chi connectivity index (χ3v) is 4.89. The van der Waals surface area contributed by atoms with Crippen molar-refractivity contribution in [3.8, 4) is 0 Å². The zero-order chi connectivity index (χ0) is 23.0. The first kappa shape index (κ1) is 24.3. The third-order valence-electron chi connectivity index (χ3n) is 4.65. The minimum absolute atomic E-state index is 0.0873. The molecule has 1 amide bonds. The van der Waals surface area contributed by atoms with Crippen LogP contribution in [0.5, 0.6) is 0 Å². The molecule has 0 atom stereocenters. The van der Waals surface area contributed by atoms with Crippen molar-refractivity contribution in [1.29, 1.82) is 0 Å². The van der Waals surface area contributed by atoms with E-state index in [2.05, 4.69) is 24.1 Å². The van der Waals surface area contributed by atoms with E-state index in [9.17, 15) is 19.7 Å². The fraction of sp³-hybridized carbons (Fsp3) is 0.364. The van der Waals surface area contributed by atoms with Crippen LogP contribution in [-0.2, 0) is 11.3 Å². The normalized spacial score (nSPS) is 10.7. The Bertz CT molecular complexity index is 958. The van der Waals surface area contributed by atoms with Crippen molar-refractivity contribution in [3.63, 3.8) is 0 Å². The van der Waals surface area contributed by atoms with Crippen molar-refractivity contribution in [1.82, 2.24) is 4.90 Å². The van der Waals surface area contributed by atoms with Gasteiger partial charge in [-0.15, -0.1) is 0 Å². The lowest BCUT2D eigenvalue weighted by Gasteiger charge is -2.21. The molecule has 0 aliphatic rings. The van der Waals surface area contributed by atoms with E-state index in [-0.39, 0.29) is 22.5 Å². The number of benzene rings is 2. The van der Waals surface area contributed by atoms with Crippen LogP contribution in [0.2, 0.25) is 5.02 Å². The first-order chi connectivity index (χ1) is 14.8. The number of methoxy groups -OCH3 is 1. The van der Waals surface area contributed by atoms with Crippen LogP contribution in [0.1, 0.15) is 53.0 Å². The van der Waals surface area contributed by atoms with Crippen molar-refractivity contribution in [2.75, 3.05) is 25.5 Å². The second-order valence-electron chi connectivity index (χ2n) is 7.01. The van der Waals surface area contributed by atoms with Gasteiger partial charge in [-0.25, -0.2) is 4.79 Å². The molecule has 0 unspecified atom stereocenters. The molecule has 2 aromatic rings. The fourth-order valence-corrected chi connectivity index (χ4v) is 3.42. The molecule has 0 heterocycles. The van der Waals surface area contributed by atoms with Gasteiger partial charge in [0.05, 0.1) is 23.3 Å². The quantitative estimate of drug-likeness (QED) is 0.315. The molecule has 0 aliphatic heterocycles. The summed E-state index contributed by atoms with van der Waals surface area (Å²) in [5.74, 6) is -1.24. The Morgan fingerprint density at radius 1 is 1.13 bits per heavy atom. The highest BCUT2D eigenvalue weighted by molar-refractivity contribution is 6.31. The Labute approximate surface area is 186 Å². The van der Waals surface area contributed by atoms with Crippen LogP contribution in [0.15, 0.2) is 36.4 Å². The van der Waals surface area contributed by atoms with Gasteiger partial charge in [0.1, 0.15) is 0 Å². The number of halogens is 1. The van der Waals surface area contributed by atoms with Crippen molar-refractivity contribution < 1.29 is 19.2 Å². The highest BCUT2D eigenvalue weighted by atomic mass is 35.5. The summed E-state index contributed by atoms with van der Waals surface area (Å²) in [7, 11) is 1.22. The topological polar surface area (TPSA) is 102 Å². The number of anilines is 1. The van der Waals surface area contributed by atoms with Crippen LogP contribution in [-0.4, -0.2) is 41.9 Å². The number of nitro groups is 1. The summed E-state index contributed by atoms with van der Waals surface area (Å²) < 4.78 is 4.72. The van der Waals surface area contributed by atoms with Crippen LogP contribution in [0.25, 0.3) is 0 Å². The molecule has 0 aliphatic carbocycles. The predicted molar refractivity (Wildman–Crippen MR) is 120 cm³/mol. The van der Waals surface area contributed by atoms with Gasteiger partial charge in [-0.2, -0.15) is 0 Å². The smallest absolute Gasteiger partial charge is 0.340 e. The van der Waals surface area contributed by atoms with Crippen molar-refractivity contribution in [2.24, 2.45) is 0 Å². The van der Waals surface area contributed by atoms with Crippen LogP contribution in [0.4, 0.5) is 11.4 Å². The summed E-state index contributed by atoms with van der Waals surface area (Å²) in [6, 6.07) is 8.78. The Kier molecular flexibility index (Phi) is 8.96. The van der Waals surface area contributed by atoms with Crippen LogP contribution < -0.4 is 5.32 Å². The van der Waals surface area contributed by atoms with Gasteiger partial charge < -0.3 is 10.1 Å². The minimum Gasteiger partial charge on any atom is -0.465 e. The van der Waals surface area contributed by atoms with Crippen molar-refractivity contribution in [2.45, 2.75) is 33.2 Å². The fourth-order valence-electron chi connectivity index (χ4n) is 3.25. The average Bonchev–Trinajstić information content (AvgIpc) is 2.74. The molecule has 0 spiro atoms. The standard InChI is InChI=1S/C22H26ClN3O5/c1-4-10-25(11-5-2)14-16-7-6-15(12-20(16)26(29)30)21(27)24-19-9-8-17(23)13-18(19)22(28)31-3/h6-9,12-13H,4-5,10-11,14H2,1-3H3,(H,24,27). The molecule has 0 fully saturated rings. The van der Waals surface area contributed by atoms with Gasteiger partial charge in [-0.3, -0.25) is 19.8 Å². The molecule has 9 heteroatoms. The van der Waals surface area contributed by atoms with Crippen LogP contribution >= 0.6 is 11.6 Å². The molecule has 0 aromatic heterocycles. The van der Waals surface area contributed by atoms with Crippen LogP contribution in [0, 0.1) is 10.1 Å². The number of rotatable bonds is 10. The SMILES string of the molecule is CCCN(CCC)Cc1ccc(C(=O)Nc2ccc(Cl)cc2C(=O)OC)cc1[N+](=O)[O-]. The van der Waals surface area contributed by atoms with Gasteiger partial charge in [-0.1, -0.05) is 31.5 Å². The lowest BCUT2D eigenvalue weighted by Crippen LogP contribution is -2.25. The minimum atomic E-state index is -0.661. The highest BCUT2D eigenvalue weighted by Gasteiger charge is 2.21. The molecule has 1 N–H and O–H groups in total. The Hall–Kier alpha value is -2.97. The van der Waals surface area contributed by atoms with Gasteiger partial charge in [0.2, 0.25) is 0 Å². The van der Waals surface area contributed by atoms with E-state index in [4.69, 9.17) is 16.3 Å². The van der Waals surface area contributed by atoms with Crippen molar-refractivity contribution >= 4 is 34.9 Å². The second kappa shape index (κ2) is 11.4. The van der Waals surface area contributed by atoms with E-state index in [0.717, 1.165) is 25.9 Å². The molecular formula is C22H26ClN3O5. The van der Waals surface area contributed by atoms with Gasteiger partial charge in [-0.05, 0) is 50.2 Å². The number of ether oxygens (including phenoxy) is 1. The number of hydrogen-bond acceptors (Lipinski definition) is 6. The number of nitrogens with one attached hydrogen (secondary N) is 1. The van der Waals surface area contributed by atoms with E-state index >= 15 is 0 Å². The summed E-state index contributed by atoms with van der Waals surface area (Å²) in [6.07, 6.45) is 1.88. The number of hydrogen-bond donors (Lipinski definition) is 1. The molecule has 0 radical (unpaired) electrons. The summed E-state index contributed by atoms with van der Waals surface area (Å²) in [4.78, 5) is 38.0. The zero-order valence-electron chi connectivity index (χ0n) is 17.8. The van der Waals surface area contributed by atoms with Gasteiger partial charge in [0.15, 0.2) is 0 Å². The molecule has 31 heavy (non-hydrogen) atoms. The molecule has 8 nitrogen and oxygen atoms in total. The monoisotopic (exact) mass is 447 g/mol. The molecule has 0 bridgehead atoms. The summed E-state index contributed by atoms with van der Waals surface area (Å²) in [5, 5.41) is 14.6. The summed E-state index contributed by atoms with van der Waals surface area (Å²) >= 11 is 5.93. The maximum Gasteiger partial charge on any atom is 0.340 e. The van der Waals surface area contributed by atoms with E-state index in [1.807, 2.05) is 0 Å². The highest BCUT2D eigenvalue weighted by Crippen LogP contribution is 2.25. The molecule has 166 valence electrons. The number of carbonyl (C=O) groups excluding carboxylic acids is 2. The van der Waals surface area contributed by atoms with Gasteiger partial charge in [0, 0.05) is 28.8 Å². The lowest BCUT2D eigenvalue weighted by atomic mass is 10.1. The van der Waals surface area contributed by atoms with E-state index in [0.29, 0.717) is 17.1 Å². The number of amides is 1. The lowest BCUT2D eigenvalue weighted by molar-refractivity contribution is -0.385. The summed E-state index contributed by atoms with van der Waals surface area (Å²) in [5.41, 5.74) is 0.826. The van der Waals surface area contributed by atoms with Crippen molar-refractivity contribution in [3.05, 3.63) is 68.2 Å². The Balaban J connectivity index is 2.31. The Morgan fingerprint density at radius 2 is 1.81 bits per heavy atom. The predicted octanol–water partition coefficient (Wildman–Crippen LogP) is 4.91. The number of nitro benzene ring substituents is 1. The Morgan fingerprint density at radius 3 is 2.39 bits per heavy atom. The molecule has 0 saturated carbocycles. The number of carbonyl (C=O) groups is 2. The van der Waals surface area contributed by atoms with Gasteiger partial charge >= 0.3 is 5.97 Å². The first-order valence-corrected chi connectivity index (χ1v) is 10.4. The average molecular weight is 448 g/mol. The zero-order valence-corrected chi connectivity index (χ0v) is 18.6.